The molecule has 1 atom stereocenters. The van der Waals surface area contributed by atoms with Crippen molar-refractivity contribution < 1.29 is 13.2 Å². The highest BCUT2D eigenvalue weighted by Gasteiger charge is 2.31. The van der Waals surface area contributed by atoms with Crippen LogP contribution in [-0.4, -0.2) is 10.7 Å². The first kappa shape index (κ1) is 22.6. The zero-order chi connectivity index (χ0) is 21.0. The van der Waals surface area contributed by atoms with Crippen molar-refractivity contribution in [2.75, 3.05) is 5.75 Å². The number of hydrogen-bond acceptors (Lipinski definition) is 4. The first-order chi connectivity index (χ1) is 13.8. The van der Waals surface area contributed by atoms with Gasteiger partial charge in [0, 0.05) is 20.7 Å². The second-order valence-electron chi connectivity index (χ2n) is 7.23. The second-order valence-corrected chi connectivity index (χ2v) is 10.5. The number of nitrogens with zero attached hydrogens (tertiary/aromatic N) is 1. The summed E-state index contributed by atoms with van der Waals surface area (Å²) >= 11 is 5.04. The lowest BCUT2D eigenvalue weighted by Crippen LogP contribution is -2.03. The molecule has 0 aliphatic heterocycles. The van der Waals surface area contributed by atoms with Gasteiger partial charge in [0.15, 0.2) is 0 Å². The molecule has 0 saturated heterocycles. The molecule has 29 heavy (non-hydrogen) atoms. The Morgan fingerprint density at radius 3 is 2.62 bits per heavy atom. The average molecular weight is 458 g/mol. The van der Waals surface area contributed by atoms with Gasteiger partial charge in [-0.05, 0) is 55.2 Å². The Morgan fingerprint density at radius 1 is 1.17 bits per heavy atom. The van der Waals surface area contributed by atoms with Crippen molar-refractivity contribution in [2.45, 2.75) is 69.3 Å². The Labute approximate surface area is 182 Å². The van der Waals surface area contributed by atoms with Crippen LogP contribution < -0.4 is 0 Å². The fraction of sp³-hybridized carbons (Fsp3) is 0.500. The minimum absolute atomic E-state index is 0.389. The number of aromatic nitrogens is 1. The van der Waals surface area contributed by atoms with Crippen LogP contribution >= 0.6 is 34.4 Å². The standard InChI is InChI=1S/C22H26F3NS3/c1-4-6-7-15(10-11-27-21-26-17(5-2)13-28-21)20-14(3)18-9-8-16(22(23,24)25)12-19(18)29-20/h8-9,12-13,15H,4-7,10-11H2,1-3H3. The van der Waals surface area contributed by atoms with E-state index in [0.717, 1.165) is 63.5 Å². The number of aryl methyl sites for hydroxylation is 2. The number of halogens is 3. The molecule has 3 rings (SSSR count). The number of thiazole rings is 1. The van der Waals surface area contributed by atoms with Gasteiger partial charge in [0.2, 0.25) is 0 Å². The highest BCUT2D eigenvalue weighted by Crippen LogP contribution is 2.42. The summed E-state index contributed by atoms with van der Waals surface area (Å²) in [6, 6.07) is 4.15. The van der Waals surface area contributed by atoms with E-state index in [1.807, 2.05) is 0 Å². The Morgan fingerprint density at radius 2 is 1.97 bits per heavy atom. The van der Waals surface area contributed by atoms with E-state index in [2.05, 4.69) is 31.1 Å². The summed E-state index contributed by atoms with van der Waals surface area (Å²) in [6.07, 6.45) is 1.01. The van der Waals surface area contributed by atoms with E-state index >= 15 is 0 Å². The molecule has 0 spiro atoms. The van der Waals surface area contributed by atoms with Crippen molar-refractivity contribution in [1.29, 1.82) is 0 Å². The predicted molar refractivity (Wildman–Crippen MR) is 121 cm³/mol. The molecular formula is C22H26F3NS3. The molecule has 1 unspecified atom stereocenters. The molecule has 0 radical (unpaired) electrons. The summed E-state index contributed by atoms with van der Waals surface area (Å²) in [5, 5.41) is 3.07. The first-order valence-electron chi connectivity index (χ1n) is 10.0. The lowest BCUT2D eigenvalue weighted by molar-refractivity contribution is -0.137. The molecule has 0 N–H and O–H groups in total. The summed E-state index contributed by atoms with van der Waals surface area (Å²) in [5.74, 6) is 1.37. The van der Waals surface area contributed by atoms with E-state index in [1.54, 1.807) is 40.5 Å². The van der Waals surface area contributed by atoms with Crippen LogP contribution in [0.4, 0.5) is 13.2 Å². The molecular weight excluding hydrogens is 431 g/mol. The van der Waals surface area contributed by atoms with Crippen LogP contribution in [0.1, 0.15) is 67.1 Å². The molecule has 0 saturated carbocycles. The lowest BCUT2D eigenvalue weighted by Gasteiger charge is -2.16. The van der Waals surface area contributed by atoms with Crippen LogP contribution in [-0.2, 0) is 12.6 Å². The monoisotopic (exact) mass is 457 g/mol. The number of rotatable bonds is 9. The molecule has 0 aliphatic carbocycles. The fourth-order valence-corrected chi connectivity index (χ4v) is 6.94. The first-order valence-corrected chi connectivity index (χ1v) is 12.7. The van der Waals surface area contributed by atoms with Crippen molar-refractivity contribution in [3.8, 4) is 0 Å². The number of thiophene rings is 1. The maximum atomic E-state index is 13.1. The fourth-order valence-electron chi connectivity index (χ4n) is 3.47. The highest BCUT2D eigenvalue weighted by atomic mass is 32.2. The van der Waals surface area contributed by atoms with Gasteiger partial charge in [-0.25, -0.2) is 4.98 Å². The summed E-state index contributed by atoms with van der Waals surface area (Å²) in [6.45, 7) is 6.35. The van der Waals surface area contributed by atoms with Crippen LogP contribution in [0.2, 0.25) is 0 Å². The van der Waals surface area contributed by atoms with E-state index in [0.29, 0.717) is 5.92 Å². The van der Waals surface area contributed by atoms with E-state index in [-0.39, 0.29) is 0 Å². The van der Waals surface area contributed by atoms with Gasteiger partial charge in [-0.1, -0.05) is 44.5 Å². The predicted octanol–water partition coefficient (Wildman–Crippen LogP) is 8.70. The molecule has 7 heteroatoms. The van der Waals surface area contributed by atoms with Gasteiger partial charge in [-0.2, -0.15) is 13.2 Å². The molecule has 0 bridgehead atoms. The Kier molecular flexibility index (Phi) is 7.68. The Hall–Kier alpha value is -1.05. The van der Waals surface area contributed by atoms with Crippen molar-refractivity contribution in [1.82, 2.24) is 4.98 Å². The third kappa shape index (κ3) is 5.56. The van der Waals surface area contributed by atoms with Gasteiger partial charge in [0.05, 0.1) is 11.3 Å². The molecule has 0 amide bonds. The smallest absolute Gasteiger partial charge is 0.235 e. The molecule has 3 aromatic rings. The van der Waals surface area contributed by atoms with Gasteiger partial charge < -0.3 is 0 Å². The summed E-state index contributed by atoms with van der Waals surface area (Å²) in [5.41, 5.74) is 1.72. The maximum absolute atomic E-state index is 13.1. The number of fused-ring (bicyclic) bond motifs is 1. The SMILES string of the molecule is CCCCC(CCSc1nc(CC)cs1)c1sc2cc(C(F)(F)F)ccc2c1C. The van der Waals surface area contributed by atoms with E-state index in [9.17, 15) is 13.2 Å². The zero-order valence-corrected chi connectivity index (χ0v) is 19.4. The molecule has 2 heterocycles. The van der Waals surface area contributed by atoms with Crippen LogP contribution in [0.5, 0.6) is 0 Å². The van der Waals surface area contributed by atoms with Crippen LogP contribution in [0.25, 0.3) is 10.1 Å². The maximum Gasteiger partial charge on any atom is 0.416 e. The van der Waals surface area contributed by atoms with Crippen LogP contribution in [0.15, 0.2) is 27.9 Å². The summed E-state index contributed by atoms with van der Waals surface area (Å²) in [7, 11) is 0. The number of hydrogen-bond donors (Lipinski definition) is 0. The van der Waals surface area contributed by atoms with Gasteiger partial charge >= 0.3 is 6.18 Å². The second kappa shape index (κ2) is 9.84. The van der Waals surface area contributed by atoms with Gasteiger partial charge in [-0.3, -0.25) is 0 Å². The van der Waals surface area contributed by atoms with E-state index < -0.39 is 11.7 Å². The number of unbranched alkanes of at least 4 members (excludes halogenated alkanes) is 1. The number of thioether (sulfide) groups is 1. The minimum atomic E-state index is -4.30. The molecule has 158 valence electrons. The normalized spacial score (nSPS) is 13.3. The molecule has 0 fully saturated rings. The third-order valence-electron chi connectivity index (χ3n) is 5.16. The molecule has 0 aliphatic rings. The number of benzene rings is 1. The third-order valence-corrected chi connectivity index (χ3v) is 8.68. The van der Waals surface area contributed by atoms with Crippen LogP contribution in [0, 0.1) is 6.92 Å². The van der Waals surface area contributed by atoms with E-state index in [4.69, 9.17) is 0 Å². The van der Waals surface area contributed by atoms with Crippen molar-refractivity contribution in [3.63, 3.8) is 0 Å². The summed E-state index contributed by atoms with van der Waals surface area (Å²) in [4.78, 5) is 5.87. The highest BCUT2D eigenvalue weighted by molar-refractivity contribution is 8.01. The summed E-state index contributed by atoms with van der Waals surface area (Å²) < 4.78 is 41.2. The Bertz CT molecular complexity index is 943. The average Bonchev–Trinajstić information content (AvgIpc) is 3.28. The molecule has 2 aromatic heterocycles. The Balaban J connectivity index is 1.79. The zero-order valence-electron chi connectivity index (χ0n) is 16.9. The quantitative estimate of drug-likeness (QED) is 0.298. The van der Waals surface area contributed by atoms with Gasteiger partial charge in [-0.15, -0.1) is 22.7 Å². The van der Waals surface area contributed by atoms with Crippen molar-refractivity contribution in [2.24, 2.45) is 0 Å². The molecule has 1 nitrogen and oxygen atoms in total. The van der Waals surface area contributed by atoms with E-state index in [1.165, 1.54) is 17.0 Å². The van der Waals surface area contributed by atoms with Gasteiger partial charge in [0.1, 0.15) is 4.34 Å². The van der Waals surface area contributed by atoms with Crippen molar-refractivity contribution in [3.05, 3.63) is 45.3 Å². The number of alkyl halides is 3. The lowest BCUT2D eigenvalue weighted by atomic mass is 9.94. The minimum Gasteiger partial charge on any atom is -0.235 e. The topological polar surface area (TPSA) is 12.9 Å². The van der Waals surface area contributed by atoms with Gasteiger partial charge in [0.25, 0.3) is 0 Å². The molecule has 1 aromatic carbocycles. The largest absolute Gasteiger partial charge is 0.416 e. The van der Waals surface area contributed by atoms with Crippen molar-refractivity contribution >= 4 is 44.5 Å². The van der Waals surface area contributed by atoms with Crippen LogP contribution in [0.3, 0.4) is 0 Å².